The lowest BCUT2D eigenvalue weighted by atomic mass is 10.2. The molecule has 0 fully saturated rings. The third-order valence-electron chi connectivity index (χ3n) is 2.62. The van der Waals surface area contributed by atoms with E-state index >= 15 is 0 Å². The van der Waals surface area contributed by atoms with E-state index in [4.69, 9.17) is 28.9 Å². The number of anilines is 1. The van der Waals surface area contributed by atoms with Gasteiger partial charge in [-0.2, -0.15) is 11.8 Å². The van der Waals surface area contributed by atoms with Crippen molar-refractivity contribution < 1.29 is 8.42 Å². The van der Waals surface area contributed by atoms with Crippen molar-refractivity contribution in [1.82, 2.24) is 4.72 Å². The number of nitrogens with two attached hydrogens (primary N) is 1. The third-order valence-corrected chi connectivity index (χ3v) is 5.53. The fourth-order valence-electron chi connectivity index (χ4n) is 1.69. The van der Waals surface area contributed by atoms with Crippen molar-refractivity contribution in [3.63, 3.8) is 0 Å². The number of nitrogens with one attached hydrogen (secondary N) is 1. The van der Waals surface area contributed by atoms with Crippen LogP contribution < -0.4 is 10.5 Å². The predicted octanol–water partition coefficient (Wildman–Crippen LogP) is 3.39. The highest BCUT2D eigenvalue weighted by Gasteiger charge is 2.21. The van der Waals surface area contributed by atoms with Crippen LogP contribution in [0.15, 0.2) is 17.0 Å². The van der Waals surface area contributed by atoms with Gasteiger partial charge in [0.15, 0.2) is 0 Å². The van der Waals surface area contributed by atoms with Crippen LogP contribution in [0.25, 0.3) is 0 Å². The summed E-state index contributed by atoms with van der Waals surface area (Å²) in [6.07, 6.45) is 4.89. The lowest BCUT2D eigenvalue weighted by Gasteiger charge is -2.11. The summed E-state index contributed by atoms with van der Waals surface area (Å²) in [6.45, 7) is 0.370. The molecule has 8 heteroatoms. The molecule has 1 rings (SSSR count). The summed E-state index contributed by atoms with van der Waals surface area (Å²) in [7, 11) is -3.70. The zero-order valence-corrected chi connectivity index (χ0v) is 14.3. The molecule has 1 aromatic rings. The van der Waals surface area contributed by atoms with Crippen LogP contribution in [0.2, 0.25) is 10.0 Å². The van der Waals surface area contributed by atoms with Gasteiger partial charge < -0.3 is 5.73 Å². The first-order chi connectivity index (χ1) is 9.38. The monoisotopic (exact) mass is 356 g/mol. The first-order valence-electron chi connectivity index (χ1n) is 6.11. The average Bonchev–Trinajstić information content (AvgIpc) is 2.31. The zero-order chi connectivity index (χ0) is 15.2. The van der Waals surface area contributed by atoms with Gasteiger partial charge in [-0.15, -0.1) is 0 Å². The number of benzene rings is 1. The maximum Gasteiger partial charge on any atom is 0.244 e. The molecule has 0 radical (unpaired) electrons. The van der Waals surface area contributed by atoms with E-state index in [1.165, 1.54) is 12.1 Å². The molecule has 0 unspecified atom stereocenters. The minimum absolute atomic E-state index is 0.0323. The van der Waals surface area contributed by atoms with Gasteiger partial charge in [0.1, 0.15) is 4.90 Å². The van der Waals surface area contributed by atoms with Crippen LogP contribution in [-0.4, -0.2) is 27.0 Å². The van der Waals surface area contributed by atoms with Crippen molar-refractivity contribution >= 4 is 50.7 Å². The summed E-state index contributed by atoms with van der Waals surface area (Å²) in [5.74, 6) is 1.09. The lowest BCUT2D eigenvalue weighted by Crippen LogP contribution is -2.26. The number of nitrogen functional groups attached to an aromatic ring is 1. The van der Waals surface area contributed by atoms with Crippen LogP contribution in [0.5, 0.6) is 0 Å². The number of thioether (sulfide) groups is 1. The Labute approximate surface area is 134 Å². The summed E-state index contributed by atoms with van der Waals surface area (Å²) in [4.78, 5) is -0.104. The van der Waals surface area contributed by atoms with Crippen molar-refractivity contribution in [3.05, 3.63) is 22.2 Å². The van der Waals surface area contributed by atoms with E-state index in [1.807, 2.05) is 6.26 Å². The van der Waals surface area contributed by atoms with E-state index in [0.29, 0.717) is 11.6 Å². The Balaban J connectivity index is 2.66. The molecule has 0 aliphatic rings. The summed E-state index contributed by atoms with van der Waals surface area (Å²) in [5.41, 5.74) is 5.74. The first kappa shape index (κ1) is 17.9. The number of sulfonamides is 1. The van der Waals surface area contributed by atoms with E-state index in [1.54, 1.807) is 11.8 Å². The average molecular weight is 357 g/mol. The van der Waals surface area contributed by atoms with Gasteiger partial charge in [0.2, 0.25) is 10.0 Å². The molecule has 0 saturated heterocycles. The normalized spacial score (nSPS) is 11.8. The molecular formula is C12H18Cl2N2O2S2. The topological polar surface area (TPSA) is 72.2 Å². The molecule has 0 bridgehead atoms. The highest BCUT2D eigenvalue weighted by Crippen LogP contribution is 2.30. The van der Waals surface area contributed by atoms with Gasteiger partial charge in [0.05, 0.1) is 10.7 Å². The van der Waals surface area contributed by atoms with Crippen LogP contribution in [0.3, 0.4) is 0 Å². The molecule has 1 aromatic carbocycles. The molecule has 0 spiro atoms. The maximum absolute atomic E-state index is 12.2. The number of hydrogen-bond donors (Lipinski definition) is 2. The van der Waals surface area contributed by atoms with Crippen LogP contribution in [0.4, 0.5) is 5.69 Å². The van der Waals surface area contributed by atoms with Gasteiger partial charge in [-0.1, -0.05) is 29.6 Å². The largest absolute Gasteiger partial charge is 0.398 e. The molecule has 114 valence electrons. The minimum Gasteiger partial charge on any atom is -0.398 e. The number of unbranched alkanes of at least 4 members (excludes halogenated alkanes) is 2. The van der Waals surface area contributed by atoms with Crippen LogP contribution in [-0.2, 0) is 10.0 Å². The number of hydrogen-bond acceptors (Lipinski definition) is 4. The Hall–Kier alpha value is -0.140. The maximum atomic E-state index is 12.2. The Morgan fingerprint density at radius 2 is 1.95 bits per heavy atom. The van der Waals surface area contributed by atoms with Crippen LogP contribution >= 0.6 is 35.0 Å². The summed E-state index contributed by atoms with van der Waals surface area (Å²) in [6, 6.07) is 2.74. The van der Waals surface area contributed by atoms with Crippen LogP contribution in [0.1, 0.15) is 19.3 Å². The third kappa shape index (κ3) is 5.33. The molecule has 4 nitrogen and oxygen atoms in total. The van der Waals surface area contributed by atoms with E-state index in [0.717, 1.165) is 25.0 Å². The molecule has 0 heterocycles. The molecule has 0 amide bonds. The quantitative estimate of drug-likeness (QED) is 0.553. The zero-order valence-electron chi connectivity index (χ0n) is 11.2. The number of rotatable bonds is 8. The molecule has 0 aromatic heterocycles. The second-order valence-electron chi connectivity index (χ2n) is 4.26. The predicted molar refractivity (Wildman–Crippen MR) is 88.3 cm³/mol. The fourth-order valence-corrected chi connectivity index (χ4v) is 4.24. The van der Waals surface area contributed by atoms with Gasteiger partial charge in [-0.25, -0.2) is 13.1 Å². The van der Waals surface area contributed by atoms with Crippen molar-refractivity contribution in [1.29, 1.82) is 0 Å². The molecular weight excluding hydrogens is 339 g/mol. The Bertz CT molecular complexity index is 527. The van der Waals surface area contributed by atoms with Gasteiger partial charge in [-0.3, -0.25) is 0 Å². The molecule has 20 heavy (non-hydrogen) atoms. The lowest BCUT2D eigenvalue weighted by molar-refractivity contribution is 0.576. The Morgan fingerprint density at radius 1 is 1.25 bits per heavy atom. The van der Waals surface area contributed by atoms with Gasteiger partial charge in [-0.05, 0) is 37.0 Å². The fraction of sp³-hybridized carbons (Fsp3) is 0.500. The molecule has 0 saturated carbocycles. The van der Waals surface area contributed by atoms with E-state index in [9.17, 15) is 8.42 Å². The Morgan fingerprint density at radius 3 is 2.55 bits per heavy atom. The molecule has 3 N–H and O–H groups in total. The SMILES string of the molecule is CSCCCCCNS(=O)(=O)c1c(N)cc(Cl)cc1Cl. The van der Waals surface area contributed by atoms with Crippen molar-refractivity contribution in [2.45, 2.75) is 24.2 Å². The van der Waals surface area contributed by atoms with E-state index in [-0.39, 0.29) is 15.6 Å². The summed E-state index contributed by atoms with van der Waals surface area (Å²) >= 11 is 13.5. The van der Waals surface area contributed by atoms with Gasteiger partial charge in [0, 0.05) is 11.6 Å². The number of halogens is 2. The van der Waals surface area contributed by atoms with Gasteiger partial charge in [0.25, 0.3) is 0 Å². The minimum atomic E-state index is -3.70. The van der Waals surface area contributed by atoms with Gasteiger partial charge >= 0.3 is 0 Å². The summed E-state index contributed by atoms with van der Waals surface area (Å²) < 4.78 is 26.8. The highest BCUT2D eigenvalue weighted by molar-refractivity contribution is 7.98. The standard InChI is InChI=1S/C12H18Cl2N2O2S2/c1-19-6-4-2-3-5-16-20(17,18)12-10(14)7-9(13)8-11(12)15/h7-8,16H,2-6,15H2,1H3. The first-order valence-corrected chi connectivity index (χ1v) is 9.75. The second kappa shape index (κ2) is 8.34. The van der Waals surface area contributed by atoms with Crippen molar-refractivity contribution in [3.8, 4) is 0 Å². The molecule has 0 aliphatic carbocycles. The van der Waals surface area contributed by atoms with E-state index < -0.39 is 10.0 Å². The smallest absolute Gasteiger partial charge is 0.244 e. The highest BCUT2D eigenvalue weighted by atomic mass is 35.5. The summed E-state index contributed by atoms with van der Waals surface area (Å²) in [5, 5.41) is 0.341. The van der Waals surface area contributed by atoms with Crippen LogP contribution in [0, 0.1) is 0 Å². The van der Waals surface area contributed by atoms with Crippen molar-refractivity contribution in [2.24, 2.45) is 0 Å². The second-order valence-corrected chi connectivity index (χ2v) is 7.79. The van der Waals surface area contributed by atoms with E-state index in [2.05, 4.69) is 4.72 Å². The molecule has 0 atom stereocenters. The Kier molecular flexibility index (Phi) is 7.47. The molecule has 0 aliphatic heterocycles. The van der Waals surface area contributed by atoms with Crippen molar-refractivity contribution in [2.75, 3.05) is 24.3 Å².